The Balaban J connectivity index is 0.00000225. The molecule has 0 atom stereocenters. The van der Waals surface area contributed by atoms with Crippen molar-refractivity contribution >= 4 is 28.5 Å². The summed E-state index contributed by atoms with van der Waals surface area (Å²) >= 11 is 0. The topological polar surface area (TPSA) is 0 Å². The molecule has 0 heterocycles. The minimum atomic E-state index is -1.96. The van der Waals surface area contributed by atoms with E-state index < -0.39 is 7.26 Å². The van der Waals surface area contributed by atoms with Gasteiger partial charge in [0.1, 0.15) is 28.5 Å². The molecular weight excluding hydrogens is 423 g/mol. The second-order valence-corrected chi connectivity index (χ2v) is 10.3. The molecule has 4 rings (SSSR count). The lowest BCUT2D eigenvalue weighted by atomic mass is 10.2. The van der Waals surface area contributed by atoms with Gasteiger partial charge in [-0.1, -0.05) is 72.3 Å². The summed E-state index contributed by atoms with van der Waals surface area (Å²) in [5, 5.41) is 5.63. The number of hydrogen-bond donors (Lipinski definition) is 0. The molecule has 0 radical (unpaired) electrons. The Kier molecular flexibility index (Phi) is 6.50. The first-order valence-electron chi connectivity index (χ1n) is 9.36. The summed E-state index contributed by atoms with van der Waals surface area (Å²) in [6.45, 7) is 4.43. The predicted molar refractivity (Wildman–Crippen MR) is 121 cm³/mol. The first-order valence-corrected chi connectivity index (χ1v) is 11.2. The van der Waals surface area contributed by atoms with E-state index in [0.717, 1.165) is 0 Å². The fourth-order valence-corrected chi connectivity index (χ4v) is 8.48. The van der Waals surface area contributed by atoms with Crippen LogP contribution < -0.4 is 38.2 Å². The van der Waals surface area contributed by atoms with Crippen LogP contribution in [0.1, 0.15) is 11.1 Å². The lowest BCUT2D eigenvalue weighted by molar-refractivity contribution is -0.00000532. The molecule has 0 aliphatic carbocycles. The first kappa shape index (κ1) is 20.5. The fraction of sp³-hybridized carbons (Fsp3) is 0.0769. The highest BCUT2D eigenvalue weighted by molar-refractivity contribution is 8.01. The van der Waals surface area contributed by atoms with E-state index in [1.165, 1.54) is 32.3 Å². The van der Waals surface area contributed by atoms with Crippen LogP contribution in [0.2, 0.25) is 0 Å². The van der Waals surface area contributed by atoms with Crippen LogP contribution in [0.25, 0.3) is 0 Å². The molecule has 0 unspecified atom stereocenters. The molecule has 0 saturated heterocycles. The van der Waals surface area contributed by atoms with Crippen molar-refractivity contribution in [3.8, 4) is 0 Å². The Labute approximate surface area is 179 Å². The normalized spacial score (nSPS) is 10.9. The molecule has 0 aliphatic heterocycles. The van der Waals surface area contributed by atoms with E-state index in [2.05, 4.69) is 123 Å². The Morgan fingerprint density at radius 3 is 1.25 bits per heavy atom. The van der Waals surface area contributed by atoms with Crippen molar-refractivity contribution in [2.24, 2.45) is 0 Å². The third kappa shape index (κ3) is 3.58. The first-order chi connectivity index (χ1) is 13.2. The maximum absolute atomic E-state index is 2.35. The summed E-state index contributed by atoms with van der Waals surface area (Å²) in [7, 11) is -1.96. The van der Waals surface area contributed by atoms with Crippen molar-refractivity contribution in [1.82, 2.24) is 0 Å². The molecule has 0 aliphatic rings. The highest BCUT2D eigenvalue weighted by Gasteiger charge is 2.48. The molecule has 0 saturated carbocycles. The van der Waals surface area contributed by atoms with Gasteiger partial charge in [0.15, 0.2) is 0 Å². The third-order valence-electron chi connectivity index (χ3n) is 5.14. The van der Waals surface area contributed by atoms with Gasteiger partial charge >= 0.3 is 0 Å². The largest absolute Gasteiger partial charge is 1.00 e. The number of aryl methyl sites for hydroxylation is 2. The minimum absolute atomic E-state index is 0. The molecule has 2 heteroatoms. The summed E-state index contributed by atoms with van der Waals surface area (Å²) < 4.78 is 0. The number of halogens is 1. The van der Waals surface area contributed by atoms with E-state index in [0.29, 0.717) is 0 Å². The van der Waals surface area contributed by atoms with Gasteiger partial charge in [-0.2, -0.15) is 0 Å². The fourth-order valence-electron chi connectivity index (χ4n) is 4.00. The second-order valence-electron chi connectivity index (χ2n) is 6.97. The average molecular weight is 447 g/mol. The molecule has 0 amide bonds. The summed E-state index contributed by atoms with van der Waals surface area (Å²) in [5.74, 6) is 0. The van der Waals surface area contributed by atoms with E-state index in [-0.39, 0.29) is 17.0 Å². The predicted octanol–water partition coefficient (Wildman–Crippen LogP) is 1.93. The number of benzene rings is 4. The molecule has 140 valence electrons. The molecule has 28 heavy (non-hydrogen) atoms. The van der Waals surface area contributed by atoms with Gasteiger partial charge in [0.2, 0.25) is 0 Å². The van der Waals surface area contributed by atoms with Crippen LogP contribution in [0, 0.1) is 13.8 Å². The van der Waals surface area contributed by atoms with Crippen molar-refractivity contribution in [3.63, 3.8) is 0 Å². The minimum Gasteiger partial charge on any atom is -1.00 e. The second kappa shape index (κ2) is 8.86. The third-order valence-corrected chi connectivity index (χ3v) is 9.59. The lowest BCUT2D eigenvalue weighted by Crippen LogP contribution is -3.00. The SMILES string of the molecule is Cc1ccc([P+](c2ccccc2)(c2ccccc2)c2ccccc2)c(C)c1.[Br-]. The average Bonchev–Trinajstić information content (AvgIpc) is 2.72. The molecule has 0 fully saturated rings. The van der Waals surface area contributed by atoms with E-state index >= 15 is 0 Å². The van der Waals surface area contributed by atoms with Crippen molar-refractivity contribution in [3.05, 3.63) is 120 Å². The van der Waals surface area contributed by atoms with Gasteiger partial charge in [0, 0.05) is 0 Å². The smallest absolute Gasteiger partial charge is 0.144 e. The van der Waals surface area contributed by atoms with Crippen LogP contribution in [0.5, 0.6) is 0 Å². The highest BCUT2D eigenvalue weighted by Crippen LogP contribution is 2.54. The Bertz CT molecular complexity index is 931. The van der Waals surface area contributed by atoms with Gasteiger partial charge in [-0.25, -0.2) is 0 Å². The zero-order valence-electron chi connectivity index (χ0n) is 16.2. The quantitative estimate of drug-likeness (QED) is 0.420. The Morgan fingerprint density at radius 2 is 0.893 bits per heavy atom. The standard InChI is InChI=1S/C26H24P.BrH/c1-21-18-19-26(22(2)20-21)27(23-12-6-3-7-13-23,24-14-8-4-9-15-24)25-16-10-5-11-17-25;/h3-20H,1-2H3;1H/q+1;/p-1. The van der Waals surface area contributed by atoms with Gasteiger partial charge in [0.25, 0.3) is 0 Å². The monoisotopic (exact) mass is 446 g/mol. The van der Waals surface area contributed by atoms with Gasteiger partial charge in [-0.05, 0) is 61.9 Å². The maximum Gasteiger partial charge on any atom is 0.144 e. The Hall–Kier alpha value is -2.21. The lowest BCUT2D eigenvalue weighted by Gasteiger charge is -2.28. The van der Waals surface area contributed by atoms with E-state index in [1.807, 2.05) is 0 Å². The number of hydrogen-bond acceptors (Lipinski definition) is 0. The molecule has 0 bridgehead atoms. The van der Waals surface area contributed by atoms with Gasteiger partial charge in [0.05, 0.1) is 0 Å². The van der Waals surface area contributed by atoms with Crippen molar-refractivity contribution in [2.75, 3.05) is 0 Å². The molecule has 0 nitrogen and oxygen atoms in total. The van der Waals surface area contributed by atoms with Crippen LogP contribution in [-0.4, -0.2) is 0 Å². The maximum atomic E-state index is 2.35. The zero-order chi connectivity index (χ0) is 18.7. The molecule has 4 aromatic rings. The van der Waals surface area contributed by atoms with Gasteiger partial charge in [-0.3, -0.25) is 0 Å². The number of rotatable bonds is 4. The summed E-state index contributed by atoms with van der Waals surface area (Å²) in [4.78, 5) is 0. The highest BCUT2D eigenvalue weighted by atomic mass is 79.9. The molecular formula is C26H24BrP. The van der Waals surface area contributed by atoms with E-state index in [1.54, 1.807) is 0 Å². The van der Waals surface area contributed by atoms with Crippen molar-refractivity contribution < 1.29 is 17.0 Å². The summed E-state index contributed by atoms with van der Waals surface area (Å²) in [6.07, 6.45) is 0. The van der Waals surface area contributed by atoms with Crippen LogP contribution in [-0.2, 0) is 0 Å². The van der Waals surface area contributed by atoms with Crippen LogP contribution in [0.4, 0.5) is 0 Å². The Morgan fingerprint density at radius 1 is 0.500 bits per heavy atom. The van der Waals surface area contributed by atoms with Gasteiger partial charge < -0.3 is 17.0 Å². The van der Waals surface area contributed by atoms with E-state index in [4.69, 9.17) is 0 Å². The summed E-state index contributed by atoms with van der Waals surface area (Å²) in [6, 6.07) is 40.0. The van der Waals surface area contributed by atoms with Crippen LogP contribution in [0.3, 0.4) is 0 Å². The molecule has 0 aromatic heterocycles. The molecule has 0 N–H and O–H groups in total. The summed E-state index contributed by atoms with van der Waals surface area (Å²) in [5.41, 5.74) is 2.67. The van der Waals surface area contributed by atoms with Crippen LogP contribution >= 0.6 is 7.26 Å². The van der Waals surface area contributed by atoms with Crippen molar-refractivity contribution in [2.45, 2.75) is 13.8 Å². The zero-order valence-corrected chi connectivity index (χ0v) is 18.7. The van der Waals surface area contributed by atoms with Crippen molar-refractivity contribution in [1.29, 1.82) is 0 Å². The molecule has 0 spiro atoms. The van der Waals surface area contributed by atoms with Gasteiger partial charge in [-0.15, -0.1) is 0 Å². The van der Waals surface area contributed by atoms with E-state index in [9.17, 15) is 0 Å². The molecule has 4 aromatic carbocycles. The van der Waals surface area contributed by atoms with Crippen LogP contribution in [0.15, 0.2) is 109 Å².